The Labute approximate surface area is 96.0 Å². The van der Waals surface area contributed by atoms with E-state index in [0.29, 0.717) is 5.01 Å². The van der Waals surface area contributed by atoms with Gasteiger partial charge in [0.15, 0.2) is 0 Å². The van der Waals surface area contributed by atoms with Crippen LogP contribution in [-0.4, -0.2) is 9.91 Å². The van der Waals surface area contributed by atoms with Crippen molar-refractivity contribution in [3.8, 4) is 0 Å². The van der Waals surface area contributed by atoms with Gasteiger partial charge in [0, 0.05) is 0 Å². The van der Waals surface area contributed by atoms with Crippen LogP contribution in [0.1, 0.15) is 10.6 Å². The summed E-state index contributed by atoms with van der Waals surface area (Å²) in [5.74, 6) is 0. The number of nitrogens with zero attached hydrogens (tertiary/aromatic N) is 2. The van der Waals surface area contributed by atoms with Crippen molar-refractivity contribution in [2.75, 3.05) is 0 Å². The number of rotatable bonds is 3. The molecule has 0 aliphatic rings. The molecule has 0 unspecified atom stereocenters. The molecule has 0 fully saturated rings. The lowest BCUT2D eigenvalue weighted by molar-refractivity contribution is -0.380. The molecule has 0 saturated heterocycles. The Morgan fingerprint density at radius 1 is 1.25 bits per heavy atom. The first-order chi connectivity index (χ1) is 7.75. The van der Waals surface area contributed by atoms with Crippen molar-refractivity contribution >= 4 is 28.5 Å². The number of nitro groups is 1. The Bertz CT molecular complexity index is 520. The Morgan fingerprint density at radius 3 is 2.62 bits per heavy atom. The molecule has 1 aromatic carbocycles. The van der Waals surface area contributed by atoms with E-state index in [2.05, 4.69) is 4.98 Å². The van der Waals surface area contributed by atoms with Gasteiger partial charge in [0.05, 0.1) is 4.92 Å². The summed E-state index contributed by atoms with van der Waals surface area (Å²) in [5.41, 5.74) is 1.04. The highest BCUT2D eigenvalue weighted by atomic mass is 32.1. The molecule has 0 bridgehead atoms. The first-order valence-corrected chi connectivity index (χ1v) is 5.41. The Balaban J connectivity index is 2.15. The Hall–Kier alpha value is -2.01. The lowest BCUT2D eigenvalue weighted by Crippen LogP contribution is -1.80. The van der Waals surface area contributed by atoms with Crippen molar-refractivity contribution in [2.45, 2.75) is 0 Å². The molecule has 0 atom stereocenters. The van der Waals surface area contributed by atoms with Crippen LogP contribution in [0.5, 0.6) is 0 Å². The van der Waals surface area contributed by atoms with Crippen molar-refractivity contribution in [1.29, 1.82) is 0 Å². The van der Waals surface area contributed by atoms with Gasteiger partial charge < -0.3 is 0 Å². The van der Waals surface area contributed by atoms with Gasteiger partial charge in [0.1, 0.15) is 11.2 Å². The maximum Gasteiger partial charge on any atom is 0.344 e. The zero-order valence-corrected chi connectivity index (χ0v) is 9.05. The molecule has 5 heteroatoms. The largest absolute Gasteiger partial charge is 0.344 e. The van der Waals surface area contributed by atoms with Gasteiger partial charge in [-0.05, 0) is 23.0 Å². The number of thiazole rings is 1. The molecule has 0 amide bonds. The average Bonchev–Trinajstić information content (AvgIpc) is 2.76. The first-order valence-electron chi connectivity index (χ1n) is 4.59. The third kappa shape index (κ3) is 2.52. The highest BCUT2D eigenvalue weighted by Gasteiger charge is 2.08. The quantitative estimate of drug-likeness (QED) is 0.603. The van der Waals surface area contributed by atoms with Crippen LogP contribution in [-0.2, 0) is 0 Å². The van der Waals surface area contributed by atoms with E-state index in [0.717, 1.165) is 16.9 Å². The fourth-order valence-electron chi connectivity index (χ4n) is 1.17. The van der Waals surface area contributed by atoms with E-state index >= 15 is 0 Å². The van der Waals surface area contributed by atoms with Gasteiger partial charge in [-0.1, -0.05) is 36.4 Å². The number of hydrogen-bond acceptors (Lipinski definition) is 4. The van der Waals surface area contributed by atoms with Gasteiger partial charge in [-0.25, -0.2) is 4.98 Å². The summed E-state index contributed by atoms with van der Waals surface area (Å²) >= 11 is 1.06. The molecule has 16 heavy (non-hydrogen) atoms. The van der Waals surface area contributed by atoms with E-state index in [4.69, 9.17) is 0 Å². The van der Waals surface area contributed by atoms with Crippen LogP contribution in [0.3, 0.4) is 0 Å². The van der Waals surface area contributed by atoms with Crippen molar-refractivity contribution in [1.82, 2.24) is 4.98 Å². The van der Waals surface area contributed by atoms with E-state index in [1.807, 2.05) is 36.4 Å². The van der Waals surface area contributed by atoms with Crippen LogP contribution in [0.2, 0.25) is 0 Å². The summed E-state index contributed by atoms with van der Waals surface area (Å²) in [6.07, 6.45) is 4.92. The van der Waals surface area contributed by atoms with Gasteiger partial charge >= 0.3 is 5.00 Å². The summed E-state index contributed by atoms with van der Waals surface area (Å²) in [4.78, 5) is 13.9. The molecule has 2 rings (SSSR count). The molecule has 0 spiro atoms. The molecule has 4 nitrogen and oxygen atoms in total. The fraction of sp³-hybridized carbons (Fsp3) is 0. The van der Waals surface area contributed by atoms with E-state index in [-0.39, 0.29) is 5.00 Å². The number of benzene rings is 1. The zero-order chi connectivity index (χ0) is 11.4. The number of hydrogen-bond donors (Lipinski definition) is 0. The summed E-state index contributed by atoms with van der Waals surface area (Å²) in [5, 5.41) is 11.1. The van der Waals surface area contributed by atoms with Crippen molar-refractivity contribution in [3.63, 3.8) is 0 Å². The van der Waals surface area contributed by atoms with Gasteiger partial charge in [-0.3, -0.25) is 10.1 Å². The van der Waals surface area contributed by atoms with Gasteiger partial charge in [-0.2, -0.15) is 0 Å². The monoisotopic (exact) mass is 232 g/mol. The summed E-state index contributed by atoms with van der Waals surface area (Å²) in [6, 6.07) is 9.72. The minimum atomic E-state index is -0.433. The third-order valence-electron chi connectivity index (χ3n) is 1.91. The molecule has 80 valence electrons. The normalized spacial score (nSPS) is 10.8. The Kier molecular flexibility index (Phi) is 3.07. The standard InChI is InChI=1S/C11H8N2O2S/c14-13(15)11-8-12-10(16-11)7-6-9-4-2-1-3-5-9/h1-8H/b7-6+. The summed E-state index contributed by atoms with van der Waals surface area (Å²) in [6.45, 7) is 0. The van der Waals surface area contributed by atoms with Crippen molar-refractivity contribution in [2.24, 2.45) is 0 Å². The first kappa shape index (κ1) is 10.5. The van der Waals surface area contributed by atoms with E-state index in [1.54, 1.807) is 6.08 Å². The fourth-order valence-corrected chi connectivity index (χ4v) is 1.81. The molecule has 1 heterocycles. The predicted octanol–water partition coefficient (Wildman–Crippen LogP) is 3.22. The molecular weight excluding hydrogens is 224 g/mol. The van der Waals surface area contributed by atoms with Crippen LogP contribution >= 0.6 is 11.3 Å². The molecular formula is C11H8N2O2S. The van der Waals surface area contributed by atoms with E-state index in [9.17, 15) is 10.1 Å². The highest BCUT2D eigenvalue weighted by Crippen LogP contribution is 2.22. The zero-order valence-electron chi connectivity index (χ0n) is 8.24. The molecule has 0 aliphatic carbocycles. The second kappa shape index (κ2) is 4.67. The topological polar surface area (TPSA) is 56.0 Å². The van der Waals surface area contributed by atoms with Gasteiger partial charge in [0.25, 0.3) is 0 Å². The maximum atomic E-state index is 10.4. The Morgan fingerprint density at radius 2 is 2.00 bits per heavy atom. The lowest BCUT2D eigenvalue weighted by atomic mass is 10.2. The number of aromatic nitrogens is 1. The lowest BCUT2D eigenvalue weighted by Gasteiger charge is -1.88. The molecule has 0 aliphatic heterocycles. The smallest absolute Gasteiger partial charge is 0.257 e. The molecule has 0 radical (unpaired) electrons. The van der Waals surface area contributed by atoms with Gasteiger partial charge in [0.2, 0.25) is 0 Å². The second-order valence-corrected chi connectivity index (χ2v) is 4.08. The third-order valence-corrected chi connectivity index (χ3v) is 2.82. The average molecular weight is 232 g/mol. The van der Waals surface area contributed by atoms with Crippen LogP contribution < -0.4 is 0 Å². The molecule has 0 N–H and O–H groups in total. The van der Waals surface area contributed by atoms with Crippen LogP contribution in [0, 0.1) is 10.1 Å². The molecule has 1 aromatic heterocycles. The SMILES string of the molecule is O=[N+]([O-])c1cnc(/C=C/c2ccccc2)s1. The minimum Gasteiger partial charge on any atom is -0.257 e. The summed E-state index contributed by atoms with van der Waals surface area (Å²) in [7, 11) is 0. The van der Waals surface area contributed by atoms with Crippen molar-refractivity contribution < 1.29 is 4.92 Å². The van der Waals surface area contributed by atoms with Crippen LogP contribution in [0.25, 0.3) is 12.2 Å². The minimum absolute atomic E-state index is 0.0627. The maximum absolute atomic E-state index is 10.4. The second-order valence-electron chi connectivity index (χ2n) is 3.04. The molecule has 2 aromatic rings. The summed E-state index contributed by atoms with van der Waals surface area (Å²) < 4.78 is 0. The van der Waals surface area contributed by atoms with E-state index < -0.39 is 4.92 Å². The van der Waals surface area contributed by atoms with E-state index in [1.165, 1.54) is 6.20 Å². The van der Waals surface area contributed by atoms with Gasteiger partial charge in [-0.15, -0.1) is 0 Å². The predicted molar refractivity (Wildman–Crippen MR) is 64.1 cm³/mol. The van der Waals surface area contributed by atoms with Crippen LogP contribution in [0.15, 0.2) is 36.5 Å². The van der Waals surface area contributed by atoms with Crippen molar-refractivity contribution in [3.05, 3.63) is 57.2 Å². The highest BCUT2D eigenvalue weighted by molar-refractivity contribution is 7.15. The van der Waals surface area contributed by atoms with Crippen LogP contribution in [0.4, 0.5) is 5.00 Å². The molecule has 0 saturated carbocycles.